The zero-order valence-electron chi connectivity index (χ0n) is 8.49. The van der Waals surface area contributed by atoms with Crippen molar-refractivity contribution in [3.8, 4) is 0 Å². The SMILES string of the molecule is C=CCC(C)OCc1ccccc1[Si]. The minimum Gasteiger partial charge on any atom is -0.374 e. The van der Waals surface area contributed by atoms with E-state index in [0.29, 0.717) is 6.61 Å². The molecule has 0 heterocycles. The molecule has 0 spiro atoms. The summed E-state index contributed by atoms with van der Waals surface area (Å²) < 4.78 is 5.65. The fourth-order valence-corrected chi connectivity index (χ4v) is 1.43. The minimum atomic E-state index is 0.235. The van der Waals surface area contributed by atoms with E-state index in [1.807, 2.05) is 24.3 Å². The highest BCUT2D eigenvalue weighted by Crippen LogP contribution is 2.03. The summed E-state index contributed by atoms with van der Waals surface area (Å²) in [5.41, 5.74) is 1.18. The molecule has 1 atom stereocenters. The average molecular weight is 203 g/mol. The summed E-state index contributed by atoms with van der Waals surface area (Å²) in [6.45, 7) is 6.38. The largest absolute Gasteiger partial charge is 0.374 e. The second kappa shape index (κ2) is 5.78. The van der Waals surface area contributed by atoms with E-state index in [1.165, 1.54) is 5.56 Å². The molecule has 1 nitrogen and oxygen atoms in total. The van der Waals surface area contributed by atoms with Crippen LogP contribution in [-0.2, 0) is 11.3 Å². The first-order chi connectivity index (χ1) is 6.74. The van der Waals surface area contributed by atoms with Crippen LogP contribution in [0.2, 0.25) is 0 Å². The third kappa shape index (κ3) is 3.48. The third-order valence-electron chi connectivity index (χ3n) is 2.04. The normalized spacial score (nSPS) is 12.4. The Morgan fingerprint density at radius 2 is 2.21 bits per heavy atom. The van der Waals surface area contributed by atoms with Gasteiger partial charge in [0.15, 0.2) is 0 Å². The number of hydrogen-bond acceptors (Lipinski definition) is 1. The van der Waals surface area contributed by atoms with Crippen molar-refractivity contribution in [1.29, 1.82) is 0 Å². The third-order valence-corrected chi connectivity index (χ3v) is 2.53. The van der Waals surface area contributed by atoms with Crippen LogP contribution in [0, 0.1) is 0 Å². The van der Waals surface area contributed by atoms with Gasteiger partial charge in [0.05, 0.1) is 23.0 Å². The van der Waals surface area contributed by atoms with Gasteiger partial charge < -0.3 is 4.74 Å². The van der Waals surface area contributed by atoms with Crippen molar-refractivity contribution in [2.24, 2.45) is 0 Å². The molecule has 0 aliphatic heterocycles. The molecule has 0 aliphatic carbocycles. The summed E-state index contributed by atoms with van der Waals surface area (Å²) in [5.74, 6) is 0. The molecule has 0 bridgehead atoms. The molecule has 0 saturated carbocycles. The summed E-state index contributed by atoms with van der Waals surface area (Å²) in [7, 11) is 3.54. The molecular formula is C12H15OSi. The van der Waals surface area contributed by atoms with E-state index in [-0.39, 0.29) is 6.10 Å². The molecule has 1 rings (SSSR count). The molecule has 14 heavy (non-hydrogen) atoms. The fraction of sp³-hybridized carbons (Fsp3) is 0.333. The lowest BCUT2D eigenvalue weighted by Crippen LogP contribution is -2.14. The van der Waals surface area contributed by atoms with Crippen molar-refractivity contribution in [2.45, 2.75) is 26.1 Å². The molecule has 2 heteroatoms. The molecule has 0 fully saturated rings. The van der Waals surface area contributed by atoms with Crippen molar-refractivity contribution in [3.05, 3.63) is 42.5 Å². The molecule has 0 N–H and O–H groups in total. The van der Waals surface area contributed by atoms with Gasteiger partial charge in [-0.1, -0.05) is 35.5 Å². The van der Waals surface area contributed by atoms with Crippen LogP contribution in [0.25, 0.3) is 0 Å². The zero-order valence-corrected chi connectivity index (χ0v) is 9.49. The molecule has 3 radical (unpaired) electrons. The lowest BCUT2D eigenvalue weighted by molar-refractivity contribution is 0.0558. The van der Waals surface area contributed by atoms with Gasteiger partial charge in [-0.25, -0.2) is 0 Å². The van der Waals surface area contributed by atoms with Crippen LogP contribution in [0.1, 0.15) is 18.9 Å². The van der Waals surface area contributed by atoms with Crippen LogP contribution in [0.4, 0.5) is 0 Å². The van der Waals surface area contributed by atoms with E-state index in [1.54, 1.807) is 0 Å². The van der Waals surface area contributed by atoms with Gasteiger partial charge in [0.1, 0.15) is 0 Å². The van der Waals surface area contributed by atoms with Gasteiger partial charge in [0.2, 0.25) is 0 Å². The Morgan fingerprint density at radius 1 is 1.50 bits per heavy atom. The molecule has 0 aliphatic rings. The van der Waals surface area contributed by atoms with Crippen LogP contribution >= 0.6 is 0 Å². The highest BCUT2D eigenvalue weighted by atomic mass is 28.1. The molecule has 0 aromatic heterocycles. The molecule has 1 unspecified atom stereocenters. The second-order valence-corrected chi connectivity index (χ2v) is 3.84. The molecule has 1 aromatic rings. The fourth-order valence-electron chi connectivity index (χ4n) is 1.18. The van der Waals surface area contributed by atoms with Gasteiger partial charge in [0, 0.05) is 0 Å². The van der Waals surface area contributed by atoms with Crippen LogP contribution in [-0.4, -0.2) is 16.3 Å². The zero-order chi connectivity index (χ0) is 10.4. The Labute approximate surface area is 89.2 Å². The predicted molar refractivity (Wildman–Crippen MR) is 60.9 cm³/mol. The first kappa shape index (κ1) is 11.2. The average Bonchev–Trinajstić information content (AvgIpc) is 2.17. The van der Waals surface area contributed by atoms with Crippen molar-refractivity contribution in [2.75, 3.05) is 0 Å². The molecular weight excluding hydrogens is 188 g/mol. The Hall–Kier alpha value is -0.863. The molecule has 1 aromatic carbocycles. The summed E-state index contributed by atoms with van der Waals surface area (Å²) >= 11 is 0. The van der Waals surface area contributed by atoms with E-state index in [0.717, 1.165) is 11.6 Å². The highest BCUT2D eigenvalue weighted by molar-refractivity contribution is 6.33. The summed E-state index contributed by atoms with van der Waals surface area (Å²) in [4.78, 5) is 0. The maximum absolute atomic E-state index is 5.65. The maximum atomic E-state index is 5.65. The summed E-state index contributed by atoms with van der Waals surface area (Å²) in [6.07, 6.45) is 3.01. The van der Waals surface area contributed by atoms with E-state index in [2.05, 4.69) is 29.8 Å². The molecule has 73 valence electrons. The second-order valence-electron chi connectivity index (χ2n) is 3.30. The Balaban J connectivity index is 2.45. The van der Waals surface area contributed by atoms with E-state index in [9.17, 15) is 0 Å². The molecule has 0 amide bonds. The summed E-state index contributed by atoms with van der Waals surface area (Å²) in [5, 5.41) is 1.10. The van der Waals surface area contributed by atoms with Crippen molar-refractivity contribution < 1.29 is 4.74 Å². The van der Waals surface area contributed by atoms with Gasteiger partial charge in [-0.3, -0.25) is 0 Å². The van der Waals surface area contributed by atoms with Crippen molar-refractivity contribution in [1.82, 2.24) is 0 Å². The van der Waals surface area contributed by atoms with E-state index < -0.39 is 0 Å². The topological polar surface area (TPSA) is 9.23 Å². The van der Waals surface area contributed by atoms with Gasteiger partial charge in [-0.15, -0.1) is 6.58 Å². The first-order valence-corrected chi connectivity index (χ1v) is 5.26. The predicted octanol–water partition coefficient (Wildman–Crippen LogP) is 1.96. The van der Waals surface area contributed by atoms with Gasteiger partial charge in [-0.05, 0) is 18.9 Å². The van der Waals surface area contributed by atoms with Gasteiger partial charge in [-0.2, -0.15) is 0 Å². The lowest BCUT2D eigenvalue weighted by atomic mass is 10.2. The van der Waals surface area contributed by atoms with Crippen LogP contribution in [0.5, 0.6) is 0 Å². The van der Waals surface area contributed by atoms with Crippen LogP contribution < -0.4 is 5.19 Å². The smallest absolute Gasteiger partial charge is 0.0719 e. The Bertz CT molecular complexity index is 296. The van der Waals surface area contributed by atoms with E-state index >= 15 is 0 Å². The Kier molecular flexibility index (Phi) is 4.63. The van der Waals surface area contributed by atoms with Gasteiger partial charge >= 0.3 is 0 Å². The van der Waals surface area contributed by atoms with Gasteiger partial charge in [0.25, 0.3) is 0 Å². The van der Waals surface area contributed by atoms with Crippen LogP contribution in [0.15, 0.2) is 36.9 Å². The number of hydrogen-bond donors (Lipinski definition) is 0. The Morgan fingerprint density at radius 3 is 2.86 bits per heavy atom. The lowest BCUT2D eigenvalue weighted by Gasteiger charge is -2.12. The van der Waals surface area contributed by atoms with Crippen molar-refractivity contribution in [3.63, 3.8) is 0 Å². The standard InChI is InChI=1S/C12H15OSi/c1-3-6-10(2)13-9-11-7-4-5-8-12(11)14/h3-5,7-8,10H,1,6,9H2,2H3. The number of ether oxygens (including phenoxy) is 1. The minimum absolute atomic E-state index is 0.235. The first-order valence-electron chi connectivity index (χ1n) is 4.76. The maximum Gasteiger partial charge on any atom is 0.0719 e. The number of rotatable bonds is 5. The quantitative estimate of drug-likeness (QED) is 0.525. The van der Waals surface area contributed by atoms with E-state index in [4.69, 9.17) is 4.74 Å². The molecule has 0 saturated heterocycles. The summed E-state index contributed by atoms with van der Waals surface area (Å²) in [6, 6.07) is 8.09. The monoisotopic (exact) mass is 203 g/mol. The number of benzene rings is 1. The van der Waals surface area contributed by atoms with Crippen molar-refractivity contribution >= 4 is 15.4 Å². The van der Waals surface area contributed by atoms with Crippen LogP contribution in [0.3, 0.4) is 0 Å². The highest BCUT2D eigenvalue weighted by Gasteiger charge is 2.01.